The molecule has 3 aromatic rings. The predicted molar refractivity (Wildman–Crippen MR) is 99.3 cm³/mol. The number of anilines is 1. The van der Waals surface area contributed by atoms with Gasteiger partial charge in [0.25, 0.3) is 0 Å². The molecular formula is C22H18FN3. The van der Waals surface area contributed by atoms with Crippen molar-refractivity contribution in [2.45, 2.75) is 18.9 Å². The van der Waals surface area contributed by atoms with Gasteiger partial charge in [-0.2, -0.15) is 5.26 Å². The van der Waals surface area contributed by atoms with Crippen molar-refractivity contribution in [1.29, 1.82) is 5.26 Å². The first-order valence-corrected chi connectivity index (χ1v) is 8.69. The van der Waals surface area contributed by atoms with Crippen molar-refractivity contribution in [3.8, 4) is 6.07 Å². The van der Waals surface area contributed by atoms with E-state index in [1.165, 1.54) is 17.7 Å². The average molecular weight is 343 g/mol. The Bertz CT molecular complexity index is 945. The number of nitriles is 1. The van der Waals surface area contributed by atoms with Crippen LogP contribution < -0.4 is 4.90 Å². The van der Waals surface area contributed by atoms with Crippen LogP contribution in [0.5, 0.6) is 0 Å². The SMILES string of the molecule is N#Cc1cnc2c(c1)CC(c1ccccc1)N2CCc1ccc(F)cc1. The lowest BCUT2D eigenvalue weighted by atomic mass is 10.0. The molecule has 26 heavy (non-hydrogen) atoms. The van der Waals surface area contributed by atoms with Gasteiger partial charge in [-0.25, -0.2) is 9.37 Å². The van der Waals surface area contributed by atoms with Gasteiger partial charge in [-0.15, -0.1) is 0 Å². The second kappa shape index (κ2) is 6.97. The van der Waals surface area contributed by atoms with Gasteiger partial charge in [-0.05, 0) is 41.3 Å². The molecule has 2 heterocycles. The fraction of sp³-hybridized carbons (Fsp3) is 0.182. The summed E-state index contributed by atoms with van der Waals surface area (Å²) in [6, 6.07) is 21.3. The molecule has 0 spiro atoms. The van der Waals surface area contributed by atoms with E-state index in [2.05, 4.69) is 28.1 Å². The van der Waals surface area contributed by atoms with Crippen LogP contribution >= 0.6 is 0 Å². The van der Waals surface area contributed by atoms with Crippen molar-refractivity contribution in [2.75, 3.05) is 11.4 Å². The number of aromatic nitrogens is 1. The number of nitrogens with zero attached hydrogens (tertiary/aromatic N) is 3. The summed E-state index contributed by atoms with van der Waals surface area (Å²) in [5, 5.41) is 9.16. The smallest absolute Gasteiger partial charge is 0.132 e. The zero-order valence-electron chi connectivity index (χ0n) is 14.3. The molecule has 1 unspecified atom stereocenters. The van der Waals surface area contributed by atoms with Crippen molar-refractivity contribution in [1.82, 2.24) is 4.98 Å². The third-order valence-corrected chi connectivity index (χ3v) is 4.87. The molecular weight excluding hydrogens is 325 g/mol. The molecule has 0 amide bonds. The second-order valence-electron chi connectivity index (χ2n) is 6.52. The van der Waals surface area contributed by atoms with E-state index in [1.807, 2.05) is 36.4 Å². The first kappa shape index (κ1) is 16.3. The van der Waals surface area contributed by atoms with Gasteiger partial charge in [0.15, 0.2) is 0 Å². The Morgan fingerprint density at radius 2 is 1.88 bits per heavy atom. The highest BCUT2D eigenvalue weighted by atomic mass is 19.1. The standard InChI is InChI=1S/C22H18FN3/c23-20-8-6-16(7-9-20)10-11-26-21(18-4-2-1-3-5-18)13-19-12-17(14-24)15-25-22(19)26/h1-9,12,15,21H,10-11,13H2. The van der Waals surface area contributed by atoms with Crippen LogP contribution in [-0.2, 0) is 12.8 Å². The maximum Gasteiger partial charge on any atom is 0.132 e. The summed E-state index contributed by atoms with van der Waals surface area (Å²) in [6.45, 7) is 0.789. The number of pyridine rings is 1. The Labute approximate surface area is 152 Å². The Morgan fingerprint density at radius 3 is 2.62 bits per heavy atom. The van der Waals surface area contributed by atoms with E-state index >= 15 is 0 Å². The molecule has 4 heteroatoms. The third kappa shape index (κ3) is 3.16. The first-order chi connectivity index (χ1) is 12.7. The lowest BCUT2D eigenvalue weighted by molar-refractivity contribution is 0.625. The highest BCUT2D eigenvalue weighted by Crippen LogP contribution is 2.39. The quantitative estimate of drug-likeness (QED) is 0.703. The summed E-state index contributed by atoms with van der Waals surface area (Å²) >= 11 is 0. The zero-order chi connectivity index (χ0) is 17.9. The molecule has 1 aliphatic heterocycles. The first-order valence-electron chi connectivity index (χ1n) is 8.69. The van der Waals surface area contributed by atoms with Crippen LogP contribution in [0, 0.1) is 17.1 Å². The fourth-order valence-corrected chi connectivity index (χ4v) is 3.57. The van der Waals surface area contributed by atoms with Gasteiger partial charge in [0.2, 0.25) is 0 Å². The number of benzene rings is 2. The molecule has 0 bridgehead atoms. The van der Waals surface area contributed by atoms with Crippen molar-refractivity contribution < 1.29 is 4.39 Å². The van der Waals surface area contributed by atoms with Crippen molar-refractivity contribution in [3.05, 3.63) is 94.9 Å². The molecule has 0 aliphatic carbocycles. The van der Waals surface area contributed by atoms with Gasteiger partial charge in [0.05, 0.1) is 11.6 Å². The van der Waals surface area contributed by atoms with Gasteiger partial charge in [0.1, 0.15) is 17.7 Å². The summed E-state index contributed by atoms with van der Waals surface area (Å²) < 4.78 is 13.1. The van der Waals surface area contributed by atoms with Gasteiger partial charge in [-0.1, -0.05) is 42.5 Å². The molecule has 128 valence electrons. The minimum Gasteiger partial charge on any atom is -0.349 e. The molecule has 1 aliphatic rings. The van der Waals surface area contributed by atoms with E-state index in [9.17, 15) is 4.39 Å². The molecule has 0 saturated carbocycles. The minimum absolute atomic E-state index is 0.202. The van der Waals surface area contributed by atoms with Crippen LogP contribution in [0.2, 0.25) is 0 Å². The lowest BCUT2D eigenvalue weighted by Gasteiger charge is -2.27. The summed E-state index contributed by atoms with van der Waals surface area (Å²) in [5.74, 6) is 0.730. The number of halogens is 1. The van der Waals surface area contributed by atoms with E-state index < -0.39 is 0 Å². The largest absolute Gasteiger partial charge is 0.349 e. The van der Waals surface area contributed by atoms with Gasteiger partial charge >= 0.3 is 0 Å². The predicted octanol–water partition coefficient (Wildman–Crippen LogP) is 4.44. The van der Waals surface area contributed by atoms with E-state index in [-0.39, 0.29) is 11.9 Å². The summed E-state index contributed by atoms with van der Waals surface area (Å²) in [4.78, 5) is 6.86. The van der Waals surface area contributed by atoms with E-state index in [0.29, 0.717) is 5.56 Å². The van der Waals surface area contributed by atoms with Crippen LogP contribution in [0.25, 0.3) is 0 Å². The number of hydrogen-bond acceptors (Lipinski definition) is 3. The van der Waals surface area contributed by atoms with Crippen LogP contribution in [0.4, 0.5) is 10.2 Å². The van der Waals surface area contributed by atoms with Crippen LogP contribution in [0.1, 0.15) is 28.3 Å². The minimum atomic E-state index is -0.215. The van der Waals surface area contributed by atoms with Crippen molar-refractivity contribution in [3.63, 3.8) is 0 Å². The van der Waals surface area contributed by atoms with Crippen LogP contribution in [0.3, 0.4) is 0 Å². The maximum atomic E-state index is 13.1. The second-order valence-corrected chi connectivity index (χ2v) is 6.52. The Kier molecular flexibility index (Phi) is 4.37. The normalized spacial score (nSPS) is 15.5. The molecule has 1 atom stereocenters. The van der Waals surface area contributed by atoms with Gasteiger partial charge < -0.3 is 4.90 Å². The average Bonchev–Trinajstić information content (AvgIpc) is 3.06. The third-order valence-electron chi connectivity index (χ3n) is 4.87. The molecule has 0 fully saturated rings. The van der Waals surface area contributed by atoms with Crippen molar-refractivity contribution >= 4 is 5.82 Å². The monoisotopic (exact) mass is 343 g/mol. The van der Waals surface area contributed by atoms with E-state index in [0.717, 1.165) is 36.3 Å². The van der Waals surface area contributed by atoms with Crippen molar-refractivity contribution in [2.24, 2.45) is 0 Å². The molecule has 3 nitrogen and oxygen atoms in total. The molecule has 1 aromatic heterocycles. The van der Waals surface area contributed by atoms with E-state index in [4.69, 9.17) is 5.26 Å². The molecule has 4 rings (SSSR count). The topological polar surface area (TPSA) is 39.9 Å². The maximum absolute atomic E-state index is 13.1. The number of fused-ring (bicyclic) bond motifs is 1. The molecule has 2 aromatic carbocycles. The highest BCUT2D eigenvalue weighted by molar-refractivity contribution is 5.57. The number of hydrogen-bond donors (Lipinski definition) is 0. The molecule has 0 N–H and O–H groups in total. The Morgan fingerprint density at radius 1 is 1.12 bits per heavy atom. The number of rotatable bonds is 4. The highest BCUT2D eigenvalue weighted by Gasteiger charge is 2.31. The Balaban J connectivity index is 1.63. The summed E-state index contributed by atoms with van der Waals surface area (Å²) in [5.41, 5.74) is 4.04. The van der Waals surface area contributed by atoms with E-state index in [1.54, 1.807) is 6.20 Å². The summed E-state index contributed by atoms with van der Waals surface area (Å²) in [6.07, 6.45) is 3.28. The van der Waals surface area contributed by atoms with Crippen LogP contribution in [-0.4, -0.2) is 11.5 Å². The van der Waals surface area contributed by atoms with Crippen LogP contribution in [0.15, 0.2) is 66.9 Å². The lowest BCUT2D eigenvalue weighted by Crippen LogP contribution is -2.28. The summed E-state index contributed by atoms with van der Waals surface area (Å²) in [7, 11) is 0. The Hall–Kier alpha value is -3.19. The fourth-order valence-electron chi connectivity index (χ4n) is 3.57. The van der Waals surface area contributed by atoms with Gasteiger partial charge in [0, 0.05) is 19.2 Å². The molecule has 0 saturated heterocycles. The van der Waals surface area contributed by atoms with Gasteiger partial charge in [-0.3, -0.25) is 0 Å². The zero-order valence-corrected chi connectivity index (χ0v) is 14.3. The molecule has 0 radical (unpaired) electrons.